The topological polar surface area (TPSA) is 17.1 Å². The Labute approximate surface area is 89.5 Å². The lowest BCUT2D eigenvalue weighted by atomic mass is 10.1. The summed E-state index contributed by atoms with van der Waals surface area (Å²) in [5.74, 6) is 0. The lowest BCUT2D eigenvalue weighted by molar-refractivity contribution is 0.112. The van der Waals surface area contributed by atoms with E-state index >= 15 is 0 Å². The van der Waals surface area contributed by atoms with Gasteiger partial charge in [0.15, 0.2) is 0 Å². The van der Waals surface area contributed by atoms with Crippen LogP contribution < -0.4 is 0 Å². The minimum atomic E-state index is 0.690. The molecule has 2 heteroatoms. The molecule has 0 aliphatic carbocycles. The molecule has 0 aromatic heterocycles. The van der Waals surface area contributed by atoms with Gasteiger partial charge in [-0.05, 0) is 18.1 Å². The molecule has 0 saturated heterocycles. The van der Waals surface area contributed by atoms with E-state index in [4.69, 9.17) is 12.2 Å². The molecule has 0 amide bonds. The monoisotopic (exact) mass is 204 g/mol. The molecule has 1 aromatic rings. The summed E-state index contributed by atoms with van der Waals surface area (Å²) in [6.45, 7) is 5.69. The summed E-state index contributed by atoms with van der Waals surface area (Å²) in [7, 11) is 0. The molecule has 0 N–H and O–H groups in total. The molecular weight excluding hydrogens is 192 g/mol. The molecule has 1 nitrogen and oxygen atoms in total. The third kappa shape index (κ3) is 2.89. The second kappa shape index (κ2) is 4.82. The average molecular weight is 204 g/mol. The first-order valence-electron chi connectivity index (χ1n) is 4.36. The van der Waals surface area contributed by atoms with Crippen molar-refractivity contribution in [1.82, 2.24) is 0 Å². The maximum atomic E-state index is 10.4. The third-order valence-corrected chi connectivity index (χ3v) is 2.45. The lowest BCUT2D eigenvalue weighted by Crippen LogP contribution is -2.00. The standard InChI is InChI=1S/C12H12OS/c1-9(2)12(14)7-10-3-5-11(8-13)6-4-10/h3-6,8H,1,7H2,2H3. The van der Waals surface area contributed by atoms with E-state index in [1.165, 1.54) is 0 Å². The predicted octanol–water partition coefficient (Wildman–Crippen LogP) is 2.99. The van der Waals surface area contributed by atoms with Crippen molar-refractivity contribution in [2.24, 2.45) is 0 Å². The minimum Gasteiger partial charge on any atom is -0.298 e. The minimum absolute atomic E-state index is 0.690. The zero-order valence-electron chi connectivity index (χ0n) is 8.12. The molecule has 14 heavy (non-hydrogen) atoms. The fourth-order valence-electron chi connectivity index (χ4n) is 1.05. The van der Waals surface area contributed by atoms with Crippen molar-refractivity contribution >= 4 is 23.4 Å². The van der Waals surface area contributed by atoms with E-state index in [0.717, 1.165) is 28.7 Å². The van der Waals surface area contributed by atoms with Crippen molar-refractivity contribution in [3.05, 3.63) is 47.5 Å². The molecule has 0 bridgehead atoms. The number of thiocarbonyl (C=S) groups is 1. The van der Waals surface area contributed by atoms with E-state index in [0.29, 0.717) is 5.56 Å². The fourth-order valence-corrected chi connectivity index (χ4v) is 1.22. The number of aldehydes is 1. The van der Waals surface area contributed by atoms with Crippen molar-refractivity contribution in [1.29, 1.82) is 0 Å². The predicted molar refractivity (Wildman–Crippen MR) is 62.9 cm³/mol. The summed E-state index contributed by atoms with van der Waals surface area (Å²) in [6, 6.07) is 7.42. The summed E-state index contributed by atoms with van der Waals surface area (Å²) in [4.78, 5) is 11.3. The number of rotatable bonds is 4. The van der Waals surface area contributed by atoms with Gasteiger partial charge in [0.1, 0.15) is 6.29 Å². The summed E-state index contributed by atoms with van der Waals surface area (Å²) < 4.78 is 0. The Bertz CT molecular complexity index is 362. The Hall–Kier alpha value is -1.28. The molecule has 72 valence electrons. The van der Waals surface area contributed by atoms with Crippen LogP contribution in [-0.4, -0.2) is 11.2 Å². The zero-order chi connectivity index (χ0) is 10.6. The molecule has 0 aliphatic rings. The molecule has 1 rings (SSSR count). The van der Waals surface area contributed by atoms with Crippen LogP contribution in [0.1, 0.15) is 22.8 Å². The van der Waals surface area contributed by atoms with E-state index in [9.17, 15) is 4.79 Å². The largest absolute Gasteiger partial charge is 0.298 e. The van der Waals surface area contributed by atoms with E-state index in [1.54, 1.807) is 12.1 Å². The number of hydrogen-bond donors (Lipinski definition) is 0. The van der Waals surface area contributed by atoms with Gasteiger partial charge in [0.05, 0.1) is 0 Å². The van der Waals surface area contributed by atoms with Gasteiger partial charge in [0, 0.05) is 16.8 Å². The van der Waals surface area contributed by atoms with Crippen LogP contribution in [0.15, 0.2) is 36.4 Å². The number of carbonyl (C=O) groups is 1. The number of carbonyl (C=O) groups excluding carboxylic acids is 1. The molecular formula is C12H12OS. The van der Waals surface area contributed by atoms with Crippen LogP contribution in [0.4, 0.5) is 0 Å². The van der Waals surface area contributed by atoms with Crippen molar-refractivity contribution in [2.75, 3.05) is 0 Å². The Morgan fingerprint density at radius 1 is 1.43 bits per heavy atom. The van der Waals surface area contributed by atoms with Gasteiger partial charge < -0.3 is 0 Å². The highest BCUT2D eigenvalue weighted by Crippen LogP contribution is 2.07. The smallest absolute Gasteiger partial charge is 0.150 e. The van der Waals surface area contributed by atoms with Crippen LogP contribution in [0.25, 0.3) is 0 Å². The first-order valence-corrected chi connectivity index (χ1v) is 4.77. The van der Waals surface area contributed by atoms with Gasteiger partial charge >= 0.3 is 0 Å². The highest BCUT2D eigenvalue weighted by Gasteiger charge is 1.99. The first kappa shape index (κ1) is 10.8. The second-order valence-corrected chi connectivity index (χ2v) is 3.73. The van der Waals surface area contributed by atoms with Gasteiger partial charge in [-0.3, -0.25) is 4.79 Å². The van der Waals surface area contributed by atoms with E-state index in [2.05, 4.69) is 6.58 Å². The van der Waals surface area contributed by atoms with Crippen LogP contribution in [0.3, 0.4) is 0 Å². The van der Waals surface area contributed by atoms with Gasteiger partial charge in [-0.25, -0.2) is 0 Å². The molecule has 0 unspecified atom stereocenters. The Morgan fingerprint density at radius 2 is 2.00 bits per heavy atom. The molecule has 0 spiro atoms. The lowest BCUT2D eigenvalue weighted by Gasteiger charge is -2.02. The number of benzene rings is 1. The van der Waals surface area contributed by atoms with Crippen LogP contribution in [0.5, 0.6) is 0 Å². The van der Waals surface area contributed by atoms with E-state index in [-0.39, 0.29) is 0 Å². The molecule has 0 saturated carbocycles. The Balaban J connectivity index is 2.73. The van der Waals surface area contributed by atoms with Crippen molar-refractivity contribution in [2.45, 2.75) is 13.3 Å². The SMILES string of the molecule is C=C(C)C(=S)Cc1ccc(C=O)cc1. The Morgan fingerprint density at radius 3 is 2.43 bits per heavy atom. The molecule has 0 radical (unpaired) electrons. The fraction of sp³-hybridized carbons (Fsp3) is 0.167. The zero-order valence-corrected chi connectivity index (χ0v) is 8.93. The van der Waals surface area contributed by atoms with Gasteiger partial charge in [-0.15, -0.1) is 0 Å². The van der Waals surface area contributed by atoms with Gasteiger partial charge in [0.2, 0.25) is 0 Å². The second-order valence-electron chi connectivity index (χ2n) is 3.24. The van der Waals surface area contributed by atoms with E-state index in [1.807, 2.05) is 19.1 Å². The average Bonchev–Trinajstić information content (AvgIpc) is 2.19. The van der Waals surface area contributed by atoms with Gasteiger partial charge in [-0.1, -0.05) is 43.1 Å². The number of allylic oxidation sites excluding steroid dienone is 1. The molecule has 1 aromatic carbocycles. The highest BCUT2D eigenvalue weighted by molar-refractivity contribution is 7.80. The Kier molecular flexibility index (Phi) is 3.72. The summed E-state index contributed by atoms with van der Waals surface area (Å²) in [5, 5.41) is 0. The normalized spacial score (nSPS) is 9.50. The highest BCUT2D eigenvalue weighted by atomic mass is 32.1. The van der Waals surface area contributed by atoms with Crippen LogP contribution in [0.2, 0.25) is 0 Å². The molecule has 0 heterocycles. The molecule has 0 atom stereocenters. The molecule has 0 aliphatic heterocycles. The first-order chi connectivity index (χ1) is 6.63. The summed E-state index contributed by atoms with van der Waals surface area (Å²) >= 11 is 5.15. The van der Waals surface area contributed by atoms with Crippen molar-refractivity contribution in [3.8, 4) is 0 Å². The van der Waals surface area contributed by atoms with Crippen LogP contribution in [0, 0.1) is 0 Å². The van der Waals surface area contributed by atoms with Crippen LogP contribution in [-0.2, 0) is 6.42 Å². The van der Waals surface area contributed by atoms with Crippen molar-refractivity contribution in [3.63, 3.8) is 0 Å². The summed E-state index contributed by atoms with van der Waals surface area (Å²) in [5.41, 5.74) is 2.73. The van der Waals surface area contributed by atoms with E-state index < -0.39 is 0 Å². The summed E-state index contributed by atoms with van der Waals surface area (Å²) in [6.07, 6.45) is 1.56. The third-order valence-electron chi connectivity index (χ3n) is 1.96. The van der Waals surface area contributed by atoms with Crippen molar-refractivity contribution < 1.29 is 4.79 Å². The maximum absolute atomic E-state index is 10.4. The number of hydrogen-bond acceptors (Lipinski definition) is 2. The van der Waals surface area contributed by atoms with Crippen LogP contribution >= 0.6 is 12.2 Å². The maximum Gasteiger partial charge on any atom is 0.150 e. The van der Waals surface area contributed by atoms with Gasteiger partial charge in [-0.2, -0.15) is 0 Å². The van der Waals surface area contributed by atoms with Gasteiger partial charge in [0.25, 0.3) is 0 Å². The molecule has 0 fully saturated rings. The quantitative estimate of drug-likeness (QED) is 0.426.